The molecule has 0 bridgehead atoms. The summed E-state index contributed by atoms with van der Waals surface area (Å²) in [7, 11) is 1.71. The maximum atomic E-state index is 5.27. The third kappa shape index (κ3) is 11.5. The molecule has 0 aromatic heterocycles. The molecule has 0 unspecified atom stereocenters. The van der Waals surface area contributed by atoms with Gasteiger partial charge in [-0.15, -0.1) is 0 Å². The summed E-state index contributed by atoms with van der Waals surface area (Å²) in [6, 6.07) is 0. The Kier molecular flexibility index (Phi) is 12.6. The second-order valence-electron chi connectivity index (χ2n) is 3.58. The molecule has 0 heterocycles. The van der Waals surface area contributed by atoms with Crippen LogP contribution in [0.2, 0.25) is 0 Å². The van der Waals surface area contributed by atoms with Crippen molar-refractivity contribution in [2.45, 2.75) is 26.7 Å². The van der Waals surface area contributed by atoms with Gasteiger partial charge in [0, 0.05) is 46.6 Å². The number of hydrogen-bond donors (Lipinski definition) is 2. The zero-order valence-electron chi connectivity index (χ0n) is 11.4. The lowest BCUT2D eigenvalue weighted by Crippen LogP contribution is -2.38. The molecule has 0 rings (SSSR count). The van der Waals surface area contributed by atoms with Gasteiger partial charge >= 0.3 is 0 Å². The number of nitrogens with one attached hydrogen (secondary N) is 2. The lowest BCUT2D eigenvalue weighted by atomic mass is 10.4. The molecule has 0 saturated carbocycles. The molecular weight excluding hydrogens is 218 g/mol. The first kappa shape index (κ1) is 16.2. The van der Waals surface area contributed by atoms with Gasteiger partial charge in [0.2, 0.25) is 0 Å². The Morgan fingerprint density at radius 1 is 1.12 bits per heavy atom. The van der Waals surface area contributed by atoms with E-state index >= 15 is 0 Å². The fraction of sp³-hybridized carbons (Fsp3) is 0.917. The van der Waals surface area contributed by atoms with Crippen molar-refractivity contribution in [3.63, 3.8) is 0 Å². The van der Waals surface area contributed by atoms with Crippen molar-refractivity contribution >= 4 is 5.96 Å². The van der Waals surface area contributed by atoms with Crippen molar-refractivity contribution in [3.05, 3.63) is 0 Å². The highest BCUT2D eigenvalue weighted by Gasteiger charge is 1.95. The van der Waals surface area contributed by atoms with Crippen LogP contribution in [0.4, 0.5) is 0 Å². The first-order chi connectivity index (χ1) is 8.35. The zero-order chi connectivity index (χ0) is 12.8. The van der Waals surface area contributed by atoms with Crippen LogP contribution in [0.5, 0.6) is 0 Å². The molecule has 0 saturated heterocycles. The van der Waals surface area contributed by atoms with Crippen molar-refractivity contribution in [2.75, 3.05) is 46.6 Å². The van der Waals surface area contributed by atoms with Crippen LogP contribution in [0.3, 0.4) is 0 Å². The monoisotopic (exact) mass is 245 g/mol. The highest BCUT2D eigenvalue weighted by atomic mass is 16.5. The van der Waals surface area contributed by atoms with Crippen LogP contribution in [-0.2, 0) is 9.47 Å². The number of methoxy groups -OCH3 is 1. The van der Waals surface area contributed by atoms with Crippen LogP contribution in [0.15, 0.2) is 4.99 Å². The van der Waals surface area contributed by atoms with E-state index < -0.39 is 0 Å². The Morgan fingerprint density at radius 2 is 1.94 bits per heavy atom. The standard InChI is InChI=1S/C12H27N3O2/c1-4-13-12(14-8-6-10-16-3)15-9-7-11-17-5-2/h4-11H2,1-3H3,(H2,13,14,15). The maximum absolute atomic E-state index is 5.27. The second-order valence-corrected chi connectivity index (χ2v) is 3.58. The average molecular weight is 245 g/mol. The van der Waals surface area contributed by atoms with Gasteiger partial charge in [-0.1, -0.05) is 0 Å². The van der Waals surface area contributed by atoms with E-state index in [1.807, 2.05) is 6.92 Å². The van der Waals surface area contributed by atoms with E-state index in [-0.39, 0.29) is 0 Å². The Hall–Kier alpha value is -0.810. The molecule has 0 radical (unpaired) electrons. The second kappa shape index (κ2) is 13.3. The van der Waals surface area contributed by atoms with Crippen LogP contribution in [0.1, 0.15) is 26.7 Å². The van der Waals surface area contributed by atoms with Gasteiger partial charge in [0.1, 0.15) is 0 Å². The Bertz CT molecular complexity index is 187. The minimum Gasteiger partial charge on any atom is -0.385 e. The first-order valence-electron chi connectivity index (χ1n) is 6.44. The predicted octanol–water partition coefficient (Wildman–Crippen LogP) is 1.00. The molecular formula is C12H27N3O2. The summed E-state index contributed by atoms with van der Waals surface area (Å²) < 4.78 is 10.3. The highest BCUT2D eigenvalue weighted by molar-refractivity contribution is 5.79. The molecule has 0 aliphatic heterocycles. The third-order valence-corrected chi connectivity index (χ3v) is 2.08. The molecule has 0 aliphatic rings. The van der Waals surface area contributed by atoms with Crippen molar-refractivity contribution in [2.24, 2.45) is 4.99 Å². The molecule has 0 amide bonds. The van der Waals surface area contributed by atoms with Gasteiger partial charge in [0.05, 0.1) is 0 Å². The summed E-state index contributed by atoms with van der Waals surface area (Å²) >= 11 is 0. The number of aliphatic imine (C=N–C) groups is 1. The molecule has 2 N–H and O–H groups in total. The summed E-state index contributed by atoms with van der Waals surface area (Å²) in [5, 5.41) is 6.48. The predicted molar refractivity (Wildman–Crippen MR) is 71.6 cm³/mol. The molecule has 0 aromatic carbocycles. The van der Waals surface area contributed by atoms with Gasteiger partial charge < -0.3 is 20.1 Å². The SMILES string of the molecule is CCNC(=NCCCOC)NCCCOCC. The van der Waals surface area contributed by atoms with E-state index in [2.05, 4.69) is 22.5 Å². The molecule has 0 aliphatic carbocycles. The maximum Gasteiger partial charge on any atom is 0.191 e. The fourth-order valence-electron chi connectivity index (χ4n) is 1.27. The van der Waals surface area contributed by atoms with Crippen LogP contribution in [-0.4, -0.2) is 52.5 Å². The summed E-state index contributed by atoms with van der Waals surface area (Å²) in [6.45, 7) is 8.96. The van der Waals surface area contributed by atoms with Gasteiger partial charge in [0.15, 0.2) is 5.96 Å². The van der Waals surface area contributed by atoms with Crippen LogP contribution >= 0.6 is 0 Å². The van der Waals surface area contributed by atoms with Gasteiger partial charge in [-0.05, 0) is 26.7 Å². The van der Waals surface area contributed by atoms with E-state index in [0.29, 0.717) is 0 Å². The van der Waals surface area contributed by atoms with Gasteiger partial charge in [-0.25, -0.2) is 0 Å². The molecule has 5 heteroatoms. The normalized spacial score (nSPS) is 11.6. The van der Waals surface area contributed by atoms with Crippen LogP contribution in [0.25, 0.3) is 0 Å². The van der Waals surface area contributed by atoms with Crippen molar-refractivity contribution in [3.8, 4) is 0 Å². The van der Waals surface area contributed by atoms with Gasteiger partial charge in [-0.2, -0.15) is 0 Å². The molecule has 0 aromatic rings. The highest BCUT2D eigenvalue weighted by Crippen LogP contribution is 1.84. The van der Waals surface area contributed by atoms with Crippen molar-refractivity contribution in [1.82, 2.24) is 10.6 Å². The van der Waals surface area contributed by atoms with E-state index in [1.54, 1.807) is 7.11 Å². The Morgan fingerprint density at radius 3 is 2.59 bits per heavy atom. The Labute approximate surface area is 105 Å². The quantitative estimate of drug-likeness (QED) is 0.342. The molecule has 102 valence electrons. The topological polar surface area (TPSA) is 54.9 Å². The summed E-state index contributed by atoms with van der Waals surface area (Å²) in [4.78, 5) is 4.44. The summed E-state index contributed by atoms with van der Waals surface area (Å²) in [6.07, 6.45) is 1.95. The molecule has 0 fully saturated rings. The van der Waals surface area contributed by atoms with Gasteiger partial charge in [-0.3, -0.25) is 4.99 Å². The zero-order valence-corrected chi connectivity index (χ0v) is 11.4. The average Bonchev–Trinajstić information content (AvgIpc) is 2.34. The van der Waals surface area contributed by atoms with Crippen LogP contribution < -0.4 is 10.6 Å². The van der Waals surface area contributed by atoms with Crippen LogP contribution in [0, 0.1) is 0 Å². The minimum absolute atomic E-state index is 0.757. The molecule has 0 atom stereocenters. The van der Waals surface area contributed by atoms with Gasteiger partial charge in [0.25, 0.3) is 0 Å². The van der Waals surface area contributed by atoms with E-state index in [9.17, 15) is 0 Å². The summed E-state index contributed by atoms with van der Waals surface area (Å²) in [5.74, 6) is 0.875. The lowest BCUT2D eigenvalue weighted by molar-refractivity contribution is 0.145. The number of rotatable bonds is 10. The van der Waals surface area contributed by atoms with Crippen molar-refractivity contribution < 1.29 is 9.47 Å². The Balaban J connectivity index is 3.65. The largest absolute Gasteiger partial charge is 0.385 e. The third-order valence-electron chi connectivity index (χ3n) is 2.08. The molecule has 17 heavy (non-hydrogen) atoms. The molecule has 5 nitrogen and oxygen atoms in total. The smallest absolute Gasteiger partial charge is 0.191 e. The summed E-state index contributed by atoms with van der Waals surface area (Å²) in [5.41, 5.74) is 0. The number of ether oxygens (including phenoxy) is 2. The molecule has 0 spiro atoms. The van der Waals surface area contributed by atoms with E-state index in [0.717, 1.165) is 58.3 Å². The number of guanidine groups is 1. The van der Waals surface area contributed by atoms with E-state index in [1.165, 1.54) is 0 Å². The lowest BCUT2D eigenvalue weighted by Gasteiger charge is -2.11. The van der Waals surface area contributed by atoms with E-state index in [4.69, 9.17) is 9.47 Å². The minimum atomic E-state index is 0.757. The first-order valence-corrected chi connectivity index (χ1v) is 6.44. The number of nitrogens with zero attached hydrogens (tertiary/aromatic N) is 1. The fourth-order valence-corrected chi connectivity index (χ4v) is 1.27. The number of hydrogen-bond acceptors (Lipinski definition) is 3. The van der Waals surface area contributed by atoms with Crippen molar-refractivity contribution in [1.29, 1.82) is 0 Å².